The molecule has 4 aromatic carbocycles. The number of halogens is 1. The average molecular weight is 588 g/mol. The van der Waals surface area contributed by atoms with Gasteiger partial charge in [0.25, 0.3) is 0 Å². The first-order chi connectivity index (χ1) is 19.6. The lowest BCUT2D eigenvalue weighted by molar-refractivity contribution is -0.122. The highest BCUT2D eigenvalue weighted by Crippen LogP contribution is 2.63. The summed E-state index contributed by atoms with van der Waals surface area (Å²) in [5.74, 6) is -1.27. The van der Waals surface area contributed by atoms with Crippen LogP contribution in [0.1, 0.15) is 28.2 Å². The van der Waals surface area contributed by atoms with Crippen LogP contribution in [0.4, 0.5) is 11.6 Å². The summed E-state index contributed by atoms with van der Waals surface area (Å²) < 4.78 is 0.882. The number of carbonyl (C=O) groups is 2. The first-order valence-corrected chi connectivity index (χ1v) is 13.9. The summed E-state index contributed by atoms with van der Waals surface area (Å²) in [6.45, 7) is 0. The molecule has 5 aromatic rings. The van der Waals surface area contributed by atoms with E-state index >= 15 is 0 Å². The van der Waals surface area contributed by atoms with Crippen molar-refractivity contribution in [2.75, 3.05) is 10.3 Å². The zero-order valence-electron chi connectivity index (χ0n) is 21.1. The molecule has 1 aromatic heterocycles. The van der Waals surface area contributed by atoms with E-state index < -0.39 is 17.3 Å². The van der Waals surface area contributed by atoms with Crippen molar-refractivity contribution in [1.82, 2.24) is 9.97 Å². The molecule has 1 aliphatic heterocycles. The molecule has 7 nitrogen and oxygen atoms in total. The lowest BCUT2D eigenvalue weighted by atomic mass is 9.47. The van der Waals surface area contributed by atoms with Crippen molar-refractivity contribution in [3.8, 4) is 0 Å². The molecule has 0 unspecified atom stereocenters. The maximum Gasteiger partial charge on any atom is 0.239 e. The van der Waals surface area contributed by atoms with Gasteiger partial charge in [-0.2, -0.15) is 5.10 Å². The fourth-order valence-corrected chi connectivity index (χ4v) is 7.36. The smallest absolute Gasteiger partial charge is 0.239 e. The van der Waals surface area contributed by atoms with Gasteiger partial charge in [-0.05, 0) is 58.7 Å². The second-order valence-electron chi connectivity index (χ2n) is 10.5. The number of rotatable bonds is 4. The number of aromatic nitrogens is 2. The Hall–Kier alpha value is -4.56. The summed E-state index contributed by atoms with van der Waals surface area (Å²) >= 11 is 3.46. The third kappa shape index (κ3) is 3.05. The van der Waals surface area contributed by atoms with Crippen LogP contribution in [-0.4, -0.2) is 28.0 Å². The molecule has 1 saturated heterocycles. The molecule has 2 heterocycles. The molecule has 0 saturated carbocycles. The van der Waals surface area contributed by atoms with Gasteiger partial charge in [0.1, 0.15) is 0 Å². The van der Waals surface area contributed by atoms with Gasteiger partial charge in [0.05, 0.1) is 34.0 Å². The molecule has 8 heteroatoms. The molecular formula is C32H22BrN5O2. The molecule has 2 N–H and O–H groups in total. The molecule has 2 amide bonds. The van der Waals surface area contributed by atoms with E-state index in [0.717, 1.165) is 37.8 Å². The number of hydrazone groups is 1. The van der Waals surface area contributed by atoms with E-state index in [2.05, 4.69) is 55.6 Å². The van der Waals surface area contributed by atoms with Crippen molar-refractivity contribution in [2.45, 2.75) is 11.3 Å². The van der Waals surface area contributed by atoms with Gasteiger partial charge in [0.2, 0.25) is 17.8 Å². The standard InChI is InChI=1S/C32H22BrN5O2/c33-18-13-15-19(16-14-18)38-29(39)27-26-20-7-1-3-9-22(20)32(28(27)30(38)40,23-10-4-2-8-21(23)26)17-34-37-31-35-24-11-5-6-12-25(24)36-31/h1-17,26-28H,(H2,35,36,37)/b34-17-/t26?,27-,28+,32?/m0/s1. The van der Waals surface area contributed by atoms with Crippen LogP contribution >= 0.6 is 15.9 Å². The Balaban J connectivity index is 1.32. The maximum absolute atomic E-state index is 14.4. The minimum atomic E-state index is -0.942. The number of H-pyrrole nitrogens is 1. The predicted octanol–water partition coefficient (Wildman–Crippen LogP) is 5.97. The number of imidazole rings is 1. The largest absolute Gasteiger partial charge is 0.323 e. The van der Waals surface area contributed by atoms with Crippen molar-refractivity contribution in [3.05, 3.63) is 124 Å². The van der Waals surface area contributed by atoms with E-state index in [0.29, 0.717) is 11.6 Å². The van der Waals surface area contributed by atoms with Crippen LogP contribution in [0.15, 0.2) is 107 Å². The highest BCUT2D eigenvalue weighted by Gasteiger charge is 2.68. The van der Waals surface area contributed by atoms with E-state index in [1.165, 1.54) is 4.90 Å². The van der Waals surface area contributed by atoms with E-state index in [1.807, 2.05) is 79.0 Å². The summed E-state index contributed by atoms with van der Waals surface area (Å²) in [5, 5.41) is 4.70. The number of carbonyl (C=O) groups excluding carboxylic acids is 2. The number of hydrogen-bond donors (Lipinski definition) is 2. The molecule has 4 aliphatic rings. The molecule has 9 rings (SSSR count). The van der Waals surface area contributed by atoms with E-state index in [1.54, 1.807) is 0 Å². The van der Waals surface area contributed by atoms with E-state index in [4.69, 9.17) is 5.10 Å². The lowest BCUT2D eigenvalue weighted by Gasteiger charge is -2.52. The number of amides is 2. The van der Waals surface area contributed by atoms with Crippen LogP contribution in [-0.2, 0) is 15.0 Å². The first kappa shape index (κ1) is 23.3. The minimum absolute atomic E-state index is 0.172. The van der Waals surface area contributed by atoms with Crippen molar-refractivity contribution < 1.29 is 9.59 Å². The van der Waals surface area contributed by atoms with Crippen molar-refractivity contribution >= 4 is 56.6 Å². The van der Waals surface area contributed by atoms with Gasteiger partial charge in [-0.1, -0.05) is 76.6 Å². The lowest BCUT2D eigenvalue weighted by Crippen LogP contribution is -2.54. The second kappa shape index (κ2) is 8.47. The van der Waals surface area contributed by atoms with Gasteiger partial charge < -0.3 is 4.98 Å². The van der Waals surface area contributed by atoms with E-state index in [9.17, 15) is 9.59 Å². The minimum Gasteiger partial charge on any atom is -0.323 e. The first-order valence-electron chi connectivity index (χ1n) is 13.1. The Morgan fingerprint density at radius 1 is 0.850 bits per heavy atom. The molecule has 0 radical (unpaired) electrons. The van der Waals surface area contributed by atoms with Crippen molar-refractivity contribution in [2.24, 2.45) is 16.9 Å². The molecule has 40 heavy (non-hydrogen) atoms. The topological polar surface area (TPSA) is 90.5 Å². The number of nitrogens with zero attached hydrogens (tertiary/aromatic N) is 3. The Morgan fingerprint density at radius 3 is 2.20 bits per heavy atom. The number of benzene rings is 4. The van der Waals surface area contributed by atoms with Crippen LogP contribution in [0.3, 0.4) is 0 Å². The summed E-state index contributed by atoms with van der Waals surface area (Å²) in [6, 6.07) is 31.4. The molecule has 194 valence electrons. The van der Waals surface area contributed by atoms with Gasteiger partial charge in [-0.25, -0.2) is 15.3 Å². The highest BCUT2D eigenvalue weighted by atomic mass is 79.9. The molecule has 2 atom stereocenters. The van der Waals surface area contributed by atoms with Crippen LogP contribution in [0.2, 0.25) is 0 Å². The van der Waals surface area contributed by atoms with Crippen LogP contribution < -0.4 is 10.3 Å². The van der Waals surface area contributed by atoms with Crippen LogP contribution in [0, 0.1) is 11.8 Å². The van der Waals surface area contributed by atoms with Crippen molar-refractivity contribution in [1.29, 1.82) is 0 Å². The monoisotopic (exact) mass is 587 g/mol. The molecular weight excluding hydrogens is 566 g/mol. The highest BCUT2D eigenvalue weighted by molar-refractivity contribution is 9.10. The van der Waals surface area contributed by atoms with Crippen LogP contribution in [0.25, 0.3) is 11.0 Å². The average Bonchev–Trinajstić information content (AvgIpc) is 3.52. The normalized spacial score (nSPS) is 24.4. The van der Waals surface area contributed by atoms with Gasteiger partial charge in [-0.15, -0.1) is 0 Å². The number of nitrogens with one attached hydrogen (secondary N) is 2. The van der Waals surface area contributed by atoms with Gasteiger partial charge in [-0.3, -0.25) is 9.59 Å². The zero-order valence-corrected chi connectivity index (χ0v) is 22.7. The quantitative estimate of drug-likeness (QED) is 0.154. The summed E-state index contributed by atoms with van der Waals surface area (Å²) in [4.78, 5) is 37.8. The number of anilines is 2. The fraction of sp³-hybridized carbons (Fsp3) is 0.125. The Morgan fingerprint density at radius 2 is 1.50 bits per heavy atom. The zero-order chi connectivity index (χ0) is 27.0. The van der Waals surface area contributed by atoms with Gasteiger partial charge in [0, 0.05) is 16.6 Å². The number of para-hydroxylation sites is 2. The Labute approximate surface area is 238 Å². The van der Waals surface area contributed by atoms with Gasteiger partial charge in [0.15, 0.2) is 0 Å². The third-order valence-electron chi connectivity index (χ3n) is 8.60. The molecule has 3 aliphatic carbocycles. The Bertz CT molecular complexity index is 1800. The number of aromatic amines is 1. The third-order valence-corrected chi connectivity index (χ3v) is 9.13. The second-order valence-corrected chi connectivity index (χ2v) is 11.4. The molecule has 2 bridgehead atoms. The molecule has 1 fully saturated rings. The van der Waals surface area contributed by atoms with Crippen LogP contribution in [0.5, 0.6) is 0 Å². The Kier molecular flexibility index (Phi) is 4.94. The SMILES string of the molecule is O=C1[C@H]2C3c4ccccc4C(/C=N\Nc4nc5ccccc5[nH]4)(c4ccccc43)[C@H]2C(=O)N1c1ccc(Br)cc1. The summed E-state index contributed by atoms with van der Waals surface area (Å²) in [7, 11) is 0. The number of imide groups is 1. The summed E-state index contributed by atoms with van der Waals surface area (Å²) in [5.41, 5.74) is 8.57. The van der Waals surface area contributed by atoms with Gasteiger partial charge >= 0.3 is 0 Å². The summed E-state index contributed by atoms with van der Waals surface area (Å²) in [6.07, 6.45) is 1.82. The number of hydrogen-bond acceptors (Lipinski definition) is 5. The number of fused-ring (bicyclic) bond motifs is 1. The van der Waals surface area contributed by atoms with Crippen molar-refractivity contribution in [3.63, 3.8) is 0 Å². The predicted molar refractivity (Wildman–Crippen MR) is 157 cm³/mol. The maximum atomic E-state index is 14.4. The van der Waals surface area contributed by atoms with E-state index in [-0.39, 0.29) is 17.7 Å². The molecule has 0 spiro atoms. The fourth-order valence-electron chi connectivity index (χ4n) is 7.10.